The Morgan fingerprint density at radius 3 is 2.24 bits per heavy atom. The second-order valence-corrected chi connectivity index (χ2v) is 10.4. The number of nitrogens with zero attached hydrogens (tertiary/aromatic N) is 1. The average Bonchev–Trinajstić information content (AvgIpc) is 3.28. The highest BCUT2D eigenvalue weighted by Gasteiger charge is 2.26. The maximum atomic E-state index is 13.4. The predicted octanol–water partition coefficient (Wildman–Crippen LogP) is 7.13. The number of aromatic nitrogens is 1. The molecule has 0 radical (unpaired) electrons. The number of aryl methyl sites for hydroxylation is 1. The summed E-state index contributed by atoms with van der Waals surface area (Å²) in [5, 5.41) is 14.3. The van der Waals surface area contributed by atoms with E-state index in [2.05, 4.69) is 4.98 Å². The molecule has 7 nitrogen and oxygen atoms in total. The molecule has 0 fully saturated rings. The van der Waals surface area contributed by atoms with E-state index in [-0.39, 0.29) is 16.3 Å². The van der Waals surface area contributed by atoms with Crippen LogP contribution in [-0.4, -0.2) is 18.3 Å². The summed E-state index contributed by atoms with van der Waals surface area (Å²) in [6, 6.07) is 27.9. The van der Waals surface area contributed by atoms with Crippen molar-refractivity contribution in [2.75, 3.05) is 0 Å². The molecule has 1 aromatic heterocycles. The van der Waals surface area contributed by atoms with Crippen LogP contribution >= 0.6 is 0 Å². The van der Waals surface area contributed by atoms with Crippen LogP contribution in [0.1, 0.15) is 5.56 Å². The van der Waals surface area contributed by atoms with Gasteiger partial charge in [0.15, 0.2) is 5.75 Å². The molecule has 0 aliphatic carbocycles. The topological polar surface area (TPSA) is 102 Å². The van der Waals surface area contributed by atoms with Crippen molar-refractivity contribution in [2.24, 2.45) is 0 Å². The van der Waals surface area contributed by atoms with Gasteiger partial charge in [0.05, 0.1) is 10.4 Å². The summed E-state index contributed by atoms with van der Waals surface area (Å²) in [7, 11) is -4.21. The molecule has 0 spiro atoms. The number of hydrogen-bond donors (Lipinski definition) is 1. The second kappa shape index (κ2) is 8.46. The van der Waals surface area contributed by atoms with Crippen LogP contribution in [0, 0.1) is 17.0 Å². The first kappa shape index (κ1) is 22.8. The number of rotatable bonds is 5. The third kappa shape index (κ3) is 3.78. The van der Waals surface area contributed by atoms with E-state index >= 15 is 0 Å². The van der Waals surface area contributed by atoms with Gasteiger partial charge in [-0.2, -0.15) is 8.42 Å². The highest BCUT2D eigenvalue weighted by Crippen LogP contribution is 2.47. The average molecular weight is 509 g/mol. The fourth-order valence-electron chi connectivity index (χ4n) is 4.75. The van der Waals surface area contributed by atoms with Crippen LogP contribution in [0.3, 0.4) is 0 Å². The zero-order chi connectivity index (χ0) is 25.7. The van der Waals surface area contributed by atoms with E-state index in [0.29, 0.717) is 16.3 Å². The highest BCUT2D eigenvalue weighted by atomic mass is 32.2. The molecule has 1 heterocycles. The van der Waals surface area contributed by atoms with Gasteiger partial charge in [0.2, 0.25) is 0 Å². The van der Waals surface area contributed by atoms with Crippen molar-refractivity contribution < 1.29 is 17.5 Å². The van der Waals surface area contributed by atoms with Crippen molar-refractivity contribution >= 4 is 48.4 Å². The molecule has 0 amide bonds. The molecule has 1 N–H and O–H groups in total. The number of para-hydroxylation sites is 1. The van der Waals surface area contributed by atoms with E-state index in [0.717, 1.165) is 33.0 Å². The summed E-state index contributed by atoms with van der Waals surface area (Å²) in [5.74, 6) is 0.0938. The predicted molar refractivity (Wildman–Crippen MR) is 144 cm³/mol. The van der Waals surface area contributed by atoms with Crippen molar-refractivity contribution in [1.82, 2.24) is 4.98 Å². The van der Waals surface area contributed by atoms with Crippen molar-refractivity contribution in [2.45, 2.75) is 11.8 Å². The van der Waals surface area contributed by atoms with E-state index in [4.69, 9.17) is 4.18 Å². The third-order valence-electron chi connectivity index (χ3n) is 6.48. The van der Waals surface area contributed by atoms with Crippen LogP contribution < -0.4 is 4.18 Å². The van der Waals surface area contributed by atoms with Gasteiger partial charge < -0.3 is 9.17 Å². The molecule has 5 aromatic carbocycles. The molecular weight excluding hydrogens is 488 g/mol. The minimum Gasteiger partial charge on any atom is -0.376 e. The summed E-state index contributed by atoms with van der Waals surface area (Å²) in [4.78, 5) is 14.6. The first-order valence-electron chi connectivity index (χ1n) is 11.5. The molecule has 8 heteroatoms. The van der Waals surface area contributed by atoms with Crippen LogP contribution in [0.4, 0.5) is 5.69 Å². The smallest absolute Gasteiger partial charge is 0.339 e. The lowest BCUT2D eigenvalue weighted by Gasteiger charge is -2.16. The number of fused-ring (bicyclic) bond motifs is 4. The van der Waals surface area contributed by atoms with Gasteiger partial charge in [-0.05, 0) is 36.8 Å². The standard InChI is InChI=1S/C29H20N2O5S/c1-18-11-14-21(15-12-18)37(34,35)36-29-22-16-13-20(31(32)33)17-24(22)26(19-7-3-2-4-8-19)27-23-9-5-6-10-25(23)30-28(27)29/h2-17,30H,1H3. The zero-order valence-electron chi connectivity index (χ0n) is 19.6. The lowest BCUT2D eigenvalue weighted by atomic mass is 9.92. The molecule has 6 aromatic rings. The van der Waals surface area contributed by atoms with Crippen molar-refractivity contribution in [3.8, 4) is 16.9 Å². The maximum absolute atomic E-state index is 13.4. The number of non-ortho nitro benzene ring substituents is 1. The first-order valence-corrected chi connectivity index (χ1v) is 13.0. The molecule has 0 saturated heterocycles. The van der Waals surface area contributed by atoms with Crippen LogP contribution in [0.15, 0.2) is 102 Å². The number of nitro groups is 1. The van der Waals surface area contributed by atoms with Crippen molar-refractivity contribution in [3.05, 3.63) is 113 Å². The summed E-state index contributed by atoms with van der Waals surface area (Å²) >= 11 is 0. The highest BCUT2D eigenvalue weighted by molar-refractivity contribution is 7.87. The quantitative estimate of drug-likeness (QED) is 0.152. The molecule has 0 bridgehead atoms. The van der Waals surface area contributed by atoms with Gasteiger partial charge in [0.25, 0.3) is 5.69 Å². The van der Waals surface area contributed by atoms with Gasteiger partial charge in [-0.15, -0.1) is 0 Å². The fourth-order valence-corrected chi connectivity index (χ4v) is 5.70. The minimum absolute atomic E-state index is 0.0181. The lowest BCUT2D eigenvalue weighted by molar-refractivity contribution is -0.384. The molecule has 0 atom stereocenters. The van der Waals surface area contributed by atoms with E-state index in [1.165, 1.54) is 24.3 Å². The summed E-state index contributed by atoms with van der Waals surface area (Å²) in [6.45, 7) is 1.87. The van der Waals surface area contributed by atoms with Gasteiger partial charge in [0.1, 0.15) is 4.90 Å². The molecule has 0 aliphatic heterocycles. The Labute approximate surface area is 212 Å². The van der Waals surface area contributed by atoms with E-state index in [9.17, 15) is 18.5 Å². The second-order valence-electron chi connectivity index (χ2n) is 8.83. The van der Waals surface area contributed by atoms with Crippen LogP contribution in [-0.2, 0) is 10.1 Å². The number of hydrogen-bond acceptors (Lipinski definition) is 5. The molecule has 37 heavy (non-hydrogen) atoms. The Morgan fingerprint density at radius 1 is 0.811 bits per heavy atom. The van der Waals surface area contributed by atoms with Gasteiger partial charge in [-0.25, -0.2) is 0 Å². The summed E-state index contributed by atoms with van der Waals surface area (Å²) in [6.07, 6.45) is 0. The number of H-pyrrole nitrogens is 1. The molecule has 0 aliphatic rings. The van der Waals surface area contributed by atoms with Crippen LogP contribution in [0.2, 0.25) is 0 Å². The Bertz CT molecular complexity index is 1940. The summed E-state index contributed by atoms with van der Waals surface area (Å²) in [5.41, 5.74) is 3.70. The molecule has 0 unspecified atom stereocenters. The zero-order valence-corrected chi connectivity index (χ0v) is 20.5. The van der Waals surface area contributed by atoms with Gasteiger partial charge >= 0.3 is 10.1 Å². The van der Waals surface area contributed by atoms with E-state index < -0.39 is 15.0 Å². The van der Waals surface area contributed by atoms with Crippen LogP contribution in [0.25, 0.3) is 43.7 Å². The SMILES string of the molecule is Cc1ccc(S(=O)(=O)Oc2c3ccc([N+](=O)[O-])cc3c(-c3ccccc3)c3c2[nH]c2ccccc23)cc1. The molecule has 6 rings (SSSR count). The van der Waals surface area contributed by atoms with Crippen molar-refractivity contribution in [1.29, 1.82) is 0 Å². The molecule has 182 valence electrons. The molecular formula is C29H20N2O5S. The van der Waals surface area contributed by atoms with Gasteiger partial charge in [-0.1, -0.05) is 66.2 Å². The lowest BCUT2D eigenvalue weighted by Crippen LogP contribution is -2.10. The van der Waals surface area contributed by atoms with Crippen molar-refractivity contribution in [3.63, 3.8) is 0 Å². The minimum atomic E-state index is -4.21. The Hall–Kier alpha value is -4.69. The monoisotopic (exact) mass is 508 g/mol. The number of benzene rings is 5. The third-order valence-corrected chi connectivity index (χ3v) is 7.71. The van der Waals surface area contributed by atoms with Gasteiger partial charge in [-0.3, -0.25) is 10.1 Å². The number of aromatic amines is 1. The fraction of sp³-hybridized carbons (Fsp3) is 0.0345. The normalized spacial score (nSPS) is 11.8. The molecule has 0 saturated carbocycles. The number of nitrogens with one attached hydrogen (secondary N) is 1. The summed E-state index contributed by atoms with van der Waals surface area (Å²) < 4.78 is 32.6. The van der Waals surface area contributed by atoms with E-state index in [1.54, 1.807) is 18.2 Å². The largest absolute Gasteiger partial charge is 0.376 e. The Kier molecular flexibility index (Phi) is 5.20. The first-order chi connectivity index (χ1) is 17.8. The van der Waals surface area contributed by atoms with Gasteiger partial charge in [0, 0.05) is 44.8 Å². The Balaban J connectivity index is 1.76. The van der Waals surface area contributed by atoms with E-state index in [1.807, 2.05) is 61.5 Å². The Morgan fingerprint density at radius 2 is 1.51 bits per heavy atom. The number of nitro benzene ring substituents is 1. The van der Waals surface area contributed by atoms with Crippen LogP contribution in [0.5, 0.6) is 5.75 Å². The maximum Gasteiger partial charge on any atom is 0.339 e.